The third-order valence-electron chi connectivity index (χ3n) is 2.89. The molecule has 2 rings (SSSR count). The number of carbonyl (C=O) groups excluding carboxylic acids is 4. The van der Waals surface area contributed by atoms with Crippen molar-refractivity contribution in [2.75, 3.05) is 0 Å². The summed E-state index contributed by atoms with van der Waals surface area (Å²) in [5.74, 6) is -2.17. The van der Waals surface area contributed by atoms with Crippen LogP contribution in [0.1, 0.15) is 33.1 Å². The zero-order valence-corrected chi connectivity index (χ0v) is 10.9. The molecule has 2 aliphatic heterocycles. The number of carbonyl (C=O) groups is 4. The minimum atomic E-state index is -0.579. The molecule has 2 atom stereocenters. The van der Waals surface area contributed by atoms with Gasteiger partial charge in [-0.05, 0) is 12.8 Å². The molecule has 2 aliphatic rings. The fourth-order valence-corrected chi connectivity index (χ4v) is 1.96. The van der Waals surface area contributed by atoms with Crippen LogP contribution in [0.4, 0.5) is 0 Å². The molecule has 6 nitrogen and oxygen atoms in total. The van der Waals surface area contributed by atoms with Gasteiger partial charge in [-0.2, -0.15) is 0 Å². The largest absolute Gasteiger partial charge is 0.393 e. The summed E-state index contributed by atoms with van der Waals surface area (Å²) in [5.41, 5.74) is 0. The lowest BCUT2D eigenvalue weighted by atomic mass is 9.89. The summed E-state index contributed by atoms with van der Waals surface area (Å²) in [4.78, 5) is 42.0. The predicted octanol–water partition coefficient (Wildman–Crippen LogP) is 1.14. The molecule has 0 aliphatic carbocycles. The summed E-state index contributed by atoms with van der Waals surface area (Å²) < 4.78 is 8.52. The second-order valence-electron chi connectivity index (χ2n) is 4.22. The molecule has 1 saturated heterocycles. The van der Waals surface area contributed by atoms with E-state index in [0.717, 1.165) is 25.0 Å². The van der Waals surface area contributed by atoms with Gasteiger partial charge in [0.15, 0.2) is 0 Å². The third-order valence-corrected chi connectivity index (χ3v) is 2.89. The Morgan fingerprint density at radius 3 is 1.79 bits per heavy atom. The number of hydrogen-bond donors (Lipinski definition) is 0. The first kappa shape index (κ1) is 15.1. The van der Waals surface area contributed by atoms with Crippen molar-refractivity contribution < 1.29 is 28.7 Å². The molecule has 0 N–H and O–H groups in total. The standard InChI is InChI=1S/C9H14O3.C4H2O3/c1-3-5-7-6(4-2)8(10)12-9(7)11;5-3-1-2-4(6)7-3/h6-7H,3-5H2,1-2H3;1-2H. The first-order valence-electron chi connectivity index (χ1n) is 6.19. The second-order valence-corrected chi connectivity index (χ2v) is 4.22. The van der Waals surface area contributed by atoms with Crippen molar-refractivity contribution in [3.05, 3.63) is 12.2 Å². The quantitative estimate of drug-likeness (QED) is 0.563. The average Bonchev–Trinajstić information content (AvgIpc) is 2.84. The van der Waals surface area contributed by atoms with Gasteiger partial charge in [-0.15, -0.1) is 0 Å². The highest BCUT2D eigenvalue weighted by atomic mass is 16.6. The molecule has 0 amide bonds. The van der Waals surface area contributed by atoms with E-state index in [0.29, 0.717) is 6.42 Å². The van der Waals surface area contributed by atoms with E-state index in [-0.39, 0.29) is 23.8 Å². The highest BCUT2D eigenvalue weighted by Gasteiger charge is 2.41. The lowest BCUT2D eigenvalue weighted by molar-refractivity contribution is -0.154. The molecular weight excluding hydrogens is 252 g/mol. The van der Waals surface area contributed by atoms with Crippen LogP contribution in [0.25, 0.3) is 0 Å². The highest BCUT2D eigenvalue weighted by molar-refractivity contribution is 6.04. The number of hydrogen-bond acceptors (Lipinski definition) is 6. The maximum atomic E-state index is 11.1. The van der Waals surface area contributed by atoms with E-state index in [1.54, 1.807) is 0 Å². The molecule has 2 heterocycles. The van der Waals surface area contributed by atoms with E-state index in [9.17, 15) is 19.2 Å². The van der Waals surface area contributed by atoms with Gasteiger partial charge in [0.25, 0.3) is 0 Å². The summed E-state index contributed by atoms with van der Waals surface area (Å²) in [6, 6.07) is 0. The second kappa shape index (κ2) is 6.82. The molecule has 1 fully saturated rings. The lowest BCUT2D eigenvalue weighted by Gasteiger charge is -2.08. The Labute approximate surface area is 110 Å². The van der Waals surface area contributed by atoms with Crippen LogP contribution in [-0.4, -0.2) is 23.9 Å². The maximum Gasteiger partial charge on any atom is 0.338 e. The van der Waals surface area contributed by atoms with Crippen LogP contribution in [-0.2, 0) is 28.7 Å². The molecule has 0 bridgehead atoms. The zero-order chi connectivity index (χ0) is 14.4. The number of ether oxygens (including phenoxy) is 2. The summed E-state index contributed by atoms with van der Waals surface area (Å²) in [5, 5.41) is 0. The lowest BCUT2D eigenvalue weighted by Crippen LogP contribution is -2.16. The van der Waals surface area contributed by atoms with Gasteiger partial charge in [0.2, 0.25) is 0 Å². The van der Waals surface area contributed by atoms with Gasteiger partial charge in [-0.3, -0.25) is 9.59 Å². The van der Waals surface area contributed by atoms with Gasteiger partial charge in [0.05, 0.1) is 11.8 Å². The van der Waals surface area contributed by atoms with Crippen molar-refractivity contribution in [2.45, 2.75) is 33.1 Å². The average molecular weight is 268 g/mol. The topological polar surface area (TPSA) is 86.7 Å². The van der Waals surface area contributed by atoms with E-state index in [2.05, 4.69) is 9.47 Å². The molecule has 0 aromatic rings. The molecule has 104 valence electrons. The maximum absolute atomic E-state index is 11.1. The van der Waals surface area contributed by atoms with Crippen molar-refractivity contribution >= 4 is 23.9 Å². The summed E-state index contributed by atoms with van der Waals surface area (Å²) in [6.07, 6.45) is 4.56. The summed E-state index contributed by atoms with van der Waals surface area (Å²) in [6.45, 7) is 3.91. The monoisotopic (exact) mass is 268 g/mol. The predicted molar refractivity (Wildman–Crippen MR) is 63.5 cm³/mol. The Hall–Kier alpha value is -1.98. The van der Waals surface area contributed by atoms with Crippen molar-refractivity contribution in [3.8, 4) is 0 Å². The minimum absolute atomic E-state index is 0.174. The van der Waals surface area contributed by atoms with Crippen LogP contribution in [0.3, 0.4) is 0 Å². The SMILES string of the molecule is CCCC1C(=O)OC(=O)C1CC.O=C1C=CC(=O)O1. The minimum Gasteiger partial charge on any atom is -0.393 e. The third kappa shape index (κ3) is 4.01. The highest BCUT2D eigenvalue weighted by Crippen LogP contribution is 2.29. The van der Waals surface area contributed by atoms with Crippen LogP contribution >= 0.6 is 0 Å². The Morgan fingerprint density at radius 1 is 0.895 bits per heavy atom. The van der Waals surface area contributed by atoms with E-state index in [1.165, 1.54) is 0 Å². The Bertz CT molecular complexity index is 407. The van der Waals surface area contributed by atoms with Gasteiger partial charge in [-0.1, -0.05) is 20.3 Å². The number of cyclic esters (lactones) is 4. The zero-order valence-electron chi connectivity index (χ0n) is 10.9. The van der Waals surface area contributed by atoms with E-state index >= 15 is 0 Å². The van der Waals surface area contributed by atoms with Gasteiger partial charge in [0, 0.05) is 12.2 Å². The molecule has 0 radical (unpaired) electrons. The Kier molecular flexibility index (Phi) is 5.41. The summed E-state index contributed by atoms with van der Waals surface area (Å²) in [7, 11) is 0. The van der Waals surface area contributed by atoms with Crippen LogP contribution in [0, 0.1) is 11.8 Å². The Morgan fingerprint density at radius 2 is 1.42 bits per heavy atom. The molecule has 6 heteroatoms. The van der Waals surface area contributed by atoms with Gasteiger partial charge < -0.3 is 9.47 Å². The van der Waals surface area contributed by atoms with Gasteiger partial charge in [-0.25, -0.2) is 9.59 Å². The fourth-order valence-electron chi connectivity index (χ4n) is 1.96. The first-order chi connectivity index (χ1) is 8.99. The van der Waals surface area contributed by atoms with Crippen molar-refractivity contribution in [2.24, 2.45) is 11.8 Å². The normalized spacial score (nSPS) is 24.9. The number of esters is 4. The van der Waals surface area contributed by atoms with E-state index in [4.69, 9.17) is 0 Å². The molecule has 19 heavy (non-hydrogen) atoms. The van der Waals surface area contributed by atoms with Crippen molar-refractivity contribution in [1.29, 1.82) is 0 Å². The number of rotatable bonds is 3. The van der Waals surface area contributed by atoms with Crippen molar-refractivity contribution in [1.82, 2.24) is 0 Å². The van der Waals surface area contributed by atoms with E-state index < -0.39 is 11.9 Å². The van der Waals surface area contributed by atoms with Crippen LogP contribution < -0.4 is 0 Å². The molecule has 0 aromatic carbocycles. The molecule has 2 unspecified atom stereocenters. The van der Waals surface area contributed by atoms with Crippen LogP contribution in [0.5, 0.6) is 0 Å². The molecule has 0 spiro atoms. The molecule has 0 aromatic heterocycles. The summed E-state index contributed by atoms with van der Waals surface area (Å²) >= 11 is 0. The first-order valence-corrected chi connectivity index (χ1v) is 6.19. The Balaban J connectivity index is 0.000000218. The fraction of sp³-hybridized carbons (Fsp3) is 0.538. The van der Waals surface area contributed by atoms with Gasteiger partial charge >= 0.3 is 23.9 Å². The smallest absolute Gasteiger partial charge is 0.338 e. The molecule has 0 saturated carbocycles. The van der Waals surface area contributed by atoms with Crippen molar-refractivity contribution in [3.63, 3.8) is 0 Å². The van der Waals surface area contributed by atoms with Gasteiger partial charge in [0.1, 0.15) is 0 Å². The van der Waals surface area contributed by atoms with E-state index in [1.807, 2.05) is 13.8 Å². The molecular formula is C13H16O6. The van der Waals surface area contributed by atoms with Crippen LogP contribution in [0.2, 0.25) is 0 Å². The van der Waals surface area contributed by atoms with Crippen LogP contribution in [0.15, 0.2) is 12.2 Å².